The number of anilines is 1. The summed E-state index contributed by atoms with van der Waals surface area (Å²) in [5.74, 6) is 0.214. The van der Waals surface area contributed by atoms with Crippen molar-refractivity contribution < 1.29 is 24.2 Å². The minimum atomic E-state index is -0.467. The van der Waals surface area contributed by atoms with E-state index in [9.17, 15) is 14.7 Å². The molecule has 1 fully saturated rings. The van der Waals surface area contributed by atoms with Crippen LogP contribution in [0.25, 0.3) is 6.08 Å². The normalized spacial score (nSPS) is 15.6. The van der Waals surface area contributed by atoms with Gasteiger partial charge in [-0.05, 0) is 43.0 Å². The maximum absolute atomic E-state index is 12.8. The molecule has 1 aliphatic rings. The number of phenolic OH excluding ortho intramolecular Hbond substituents is 1. The number of hydrogen-bond acceptors (Lipinski definition) is 6. The second kappa shape index (κ2) is 7.53. The van der Waals surface area contributed by atoms with Gasteiger partial charge in [0.1, 0.15) is 5.75 Å². The van der Waals surface area contributed by atoms with Crippen molar-refractivity contribution in [2.24, 2.45) is 0 Å². The summed E-state index contributed by atoms with van der Waals surface area (Å²) in [6.07, 6.45) is 1.48. The first-order valence-corrected chi connectivity index (χ1v) is 8.74. The number of phenols is 1. The Morgan fingerprint density at radius 3 is 2.58 bits per heavy atom. The smallest absolute Gasteiger partial charge is 0.298 e. The zero-order valence-corrected chi connectivity index (χ0v) is 15.1. The maximum Gasteiger partial charge on any atom is 0.298 e. The van der Waals surface area contributed by atoms with E-state index >= 15 is 0 Å². The number of benzene rings is 2. The molecule has 0 spiro atoms. The quantitative estimate of drug-likeness (QED) is 0.800. The van der Waals surface area contributed by atoms with Gasteiger partial charge in [-0.25, -0.2) is 4.90 Å². The Hall–Kier alpha value is -2.93. The number of carbonyl (C=O) groups is 2. The summed E-state index contributed by atoms with van der Waals surface area (Å²) >= 11 is 0.810. The van der Waals surface area contributed by atoms with Crippen LogP contribution >= 0.6 is 11.8 Å². The number of thioether (sulfide) groups is 1. The molecule has 1 aliphatic heterocycles. The third-order valence-corrected chi connectivity index (χ3v) is 4.61. The molecule has 1 saturated heterocycles. The van der Waals surface area contributed by atoms with Crippen LogP contribution in [-0.2, 0) is 4.79 Å². The lowest BCUT2D eigenvalue weighted by Gasteiger charge is -2.15. The van der Waals surface area contributed by atoms with Gasteiger partial charge in [0.05, 0.1) is 24.3 Å². The van der Waals surface area contributed by atoms with Crippen LogP contribution in [-0.4, -0.2) is 30.0 Å². The molecule has 3 rings (SSSR count). The van der Waals surface area contributed by atoms with Crippen LogP contribution in [0.1, 0.15) is 12.5 Å². The van der Waals surface area contributed by atoms with Crippen LogP contribution in [0.5, 0.6) is 17.2 Å². The number of nitrogens with zero attached hydrogens (tertiary/aromatic N) is 1. The van der Waals surface area contributed by atoms with Gasteiger partial charge in [-0.1, -0.05) is 24.3 Å². The molecule has 2 aromatic carbocycles. The second-order valence-electron chi connectivity index (χ2n) is 5.32. The molecule has 0 aromatic heterocycles. The Bertz CT molecular complexity index is 893. The molecule has 1 N–H and O–H groups in total. The monoisotopic (exact) mass is 371 g/mol. The number of imide groups is 1. The molecule has 2 aromatic rings. The van der Waals surface area contributed by atoms with E-state index in [1.807, 2.05) is 6.92 Å². The molecule has 0 radical (unpaired) electrons. The summed E-state index contributed by atoms with van der Waals surface area (Å²) in [7, 11) is 1.48. The SMILES string of the molecule is CCOc1cccc(/C=C2/SC(=O)N(c3ccccc3OC)C2=O)c1O. The molecule has 7 heteroatoms. The molecule has 0 unspecified atom stereocenters. The highest BCUT2D eigenvalue weighted by Gasteiger charge is 2.37. The molecule has 0 atom stereocenters. The van der Waals surface area contributed by atoms with Gasteiger partial charge in [0.2, 0.25) is 0 Å². The van der Waals surface area contributed by atoms with E-state index in [2.05, 4.69) is 0 Å². The third-order valence-electron chi connectivity index (χ3n) is 3.74. The highest BCUT2D eigenvalue weighted by molar-refractivity contribution is 8.19. The van der Waals surface area contributed by atoms with Crippen molar-refractivity contribution in [3.63, 3.8) is 0 Å². The summed E-state index contributed by atoms with van der Waals surface area (Å²) in [5.41, 5.74) is 0.787. The number of hydrogen-bond donors (Lipinski definition) is 1. The topological polar surface area (TPSA) is 76.1 Å². The molecule has 26 heavy (non-hydrogen) atoms. The summed E-state index contributed by atoms with van der Waals surface area (Å²) in [6.45, 7) is 2.21. The van der Waals surface area contributed by atoms with Crippen molar-refractivity contribution in [1.29, 1.82) is 0 Å². The van der Waals surface area contributed by atoms with Crippen LogP contribution in [0, 0.1) is 0 Å². The Balaban J connectivity index is 1.97. The Morgan fingerprint density at radius 1 is 1.12 bits per heavy atom. The standard InChI is InChI=1S/C19H17NO5S/c1-3-25-15-10-6-7-12(17(15)21)11-16-18(22)20(19(23)26-16)13-8-4-5-9-14(13)24-2/h4-11,21H,3H2,1-2H3/b16-11+. The number of rotatable bonds is 5. The van der Waals surface area contributed by atoms with E-state index in [4.69, 9.17) is 9.47 Å². The third kappa shape index (κ3) is 3.25. The first-order valence-electron chi connectivity index (χ1n) is 7.92. The maximum atomic E-state index is 12.8. The highest BCUT2D eigenvalue weighted by Crippen LogP contribution is 2.41. The molecule has 0 bridgehead atoms. The first kappa shape index (κ1) is 17.9. The largest absolute Gasteiger partial charge is 0.504 e. The Morgan fingerprint density at radius 2 is 1.85 bits per heavy atom. The van der Waals surface area contributed by atoms with Crippen molar-refractivity contribution in [3.8, 4) is 17.2 Å². The first-order chi connectivity index (χ1) is 12.6. The number of ether oxygens (including phenoxy) is 2. The zero-order valence-electron chi connectivity index (χ0n) is 14.3. The van der Waals surface area contributed by atoms with Crippen LogP contribution < -0.4 is 14.4 Å². The average molecular weight is 371 g/mol. The molecule has 0 aliphatic carbocycles. The Labute approximate surface area is 155 Å². The molecule has 2 amide bonds. The van der Waals surface area contributed by atoms with Gasteiger partial charge in [0.25, 0.3) is 11.1 Å². The number of amides is 2. The molecular formula is C19H17NO5S. The minimum absolute atomic E-state index is 0.0709. The van der Waals surface area contributed by atoms with Crippen molar-refractivity contribution >= 4 is 34.7 Å². The minimum Gasteiger partial charge on any atom is -0.504 e. The zero-order chi connectivity index (χ0) is 18.7. The van der Waals surface area contributed by atoms with Crippen LogP contribution in [0.3, 0.4) is 0 Å². The lowest BCUT2D eigenvalue weighted by atomic mass is 10.1. The molecule has 0 saturated carbocycles. The van der Waals surface area contributed by atoms with Gasteiger partial charge < -0.3 is 14.6 Å². The fourth-order valence-corrected chi connectivity index (χ4v) is 3.38. The van der Waals surface area contributed by atoms with E-state index in [-0.39, 0.29) is 10.7 Å². The van der Waals surface area contributed by atoms with Crippen molar-refractivity contribution in [2.45, 2.75) is 6.92 Å². The van der Waals surface area contributed by atoms with Crippen molar-refractivity contribution in [2.75, 3.05) is 18.6 Å². The average Bonchev–Trinajstić information content (AvgIpc) is 2.92. The van der Waals surface area contributed by atoms with Crippen LogP contribution in [0.15, 0.2) is 47.4 Å². The molecule has 1 heterocycles. The van der Waals surface area contributed by atoms with Crippen LogP contribution in [0.4, 0.5) is 10.5 Å². The highest BCUT2D eigenvalue weighted by atomic mass is 32.2. The van der Waals surface area contributed by atoms with Gasteiger partial charge in [0.15, 0.2) is 11.5 Å². The van der Waals surface area contributed by atoms with Crippen molar-refractivity contribution in [1.82, 2.24) is 0 Å². The summed E-state index contributed by atoms with van der Waals surface area (Å²) in [5, 5.41) is 9.86. The van der Waals surface area contributed by atoms with E-state index < -0.39 is 11.1 Å². The summed E-state index contributed by atoms with van der Waals surface area (Å²) in [4.78, 5) is 26.4. The summed E-state index contributed by atoms with van der Waals surface area (Å²) < 4.78 is 10.6. The van der Waals surface area contributed by atoms with Gasteiger partial charge in [-0.2, -0.15) is 0 Å². The second-order valence-corrected chi connectivity index (χ2v) is 6.31. The molecule has 6 nitrogen and oxygen atoms in total. The number of methoxy groups -OCH3 is 1. The van der Waals surface area contributed by atoms with E-state index in [0.717, 1.165) is 16.7 Å². The number of aromatic hydroxyl groups is 1. The fourth-order valence-electron chi connectivity index (χ4n) is 2.56. The van der Waals surface area contributed by atoms with E-state index in [0.29, 0.717) is 29.4 Å². The Kier molecular flexibility index (Phi) is 5.18. The van der Waals surface area contributed by atoms with Crippen molar-refractivity contribution in [3.05, 3.63) is 52.9 Å². The van der Waals surface area contributed by atoms with Gasteiger partial charge >= 0.3 is 0 Å². The van der Waals surface area contributed by atoms with Crippen LogP contribution in [0.2, 0.25) is 0 Å². The van der Waals surface area contributed by atoms with E-state index in [1.54, 1.807) is 42.5 Å². The summed E-state index contributed by atoms with van der Waals surface area (Å²) in [6, 6.07) is 11.8. The lowest BCUT2D eigenvalue weighted by molar-refractivity contribution is -0.113. The number of para-hydroxylation sites is 3. The number of carbonyl (C=O) groups excluding carboxylic acids is 2. The fraction of sp³-hybridized carbons (Fsp3) is 0.158. The van der Waals surface area contributed by atoms with Gasteiger partial charge in [0, 0.05) is 5.56 Å². The molecule has 134 valence electrons. The van der Waals surface area contributed by atoms with E-state index in [1.165, 1.54) is 13.2 Å². The molecular weight excluding hydrogens is 354 g/mol. The predicted octanol–water partition coefficient (Wildman–Crippen LogP) is 4.04. The van der Waals surface area contributed by atoms with Gasteiger partial charge in [-0.3, -0.25) is 9.59 Å². The predicted molar refractivity (Wildman–Crippen MR) is 101 cm³/mol. The van der Waals surface area contributed by atoms with Gasteiger partial charge in [-0.15, -0.1) is 0 Å². The lowest BCUT2D eigenvalue weighted by Crippen LogP contribution is -2.28.